The topological polar surface area (TPSA) is 92.8 Å². The molecule has 1 rings (SSSR count). The molecule has 0 saturated heterocycles. The minimum atomic E-state index is -3.14. The van der Waals surface area contributed by atoms with E-state index in [1.165, 1.54) is 17.7 Å². The number of nitrogens with zero attached hydrogens (tertiary/aromatic N) is 1. The summed E-state index contributed by atoms with van der Waals surface area (Å²) in [6.45, 7) is 0.280. The molecule has 25 heavy (non-hydrogen) atoms. The lowest BCUT2D eigenvalue weighted by Gasteiger charge is -2.12. The Morgan fingerprint density at radius 2 is 2.04 bits per heavy atom. The molecule has 0 heterocycles. The van der Waals surface area contributed by atoms with Crippen molar-refractivity contribution in [3.63, 3.8) is 0 Å². The zero-order valence-corrected chi connectivity index (χ0v) is 15.5. The predicted octanol–water partition coefficient (Wildman–Crippen LogP) is 1.27. The molecule has 0 spiro atoms. The van der Waals surface area contributed by atoms with Crippen LogP contribution >= 0.6 is 0 Å². The number of ether oxygens (including phenoxy) is 1. The van der Waals surface area contributed by atoms with Gasteiger partial charge in [-0.1, -0.05) is 24.3 Å². The molecule has 8 heteroatoms. The second-order valence-electron chi connectivity index (χ2n) is 5.51. The van der Waals surface area contributed by atoms with Crippen LogP contribution in [0.1, 0.15) is 28.8 Å². The Balaban J connectivity index is 2.52. The molecule has 0 unspecified atom stereocenters. The molecule has 7 nitrogen and oxygen atoms in total. The highest BCUT2D eigenvalue weighted by Crippen LogP contribution is 2.09. The fourth-order valence-corrected chi connectivity index (χ4v) is 2.39. The zero-order chi connectivity index (χ0) is 18.9. The van der Waals surface area contributed by atoms with E-state index in [1.54, 1.807) is 25.2 Å². The van der Waals surface area contributed by atoms with Crippen molar-refractivity contribution in [1.29, 1.82) is 0 Å². The summed E-state index contributed by atoms with van der Waals surface area (Å²) in [4.78, 5) is 23.0. The molecule has 0 saturated carbocycles. The predicted molar refractivity (Wildman–Crippen MR) is 96.5 cm³/mol. The Morgan fingerprint density at radius 1 is 1.32 bits per heavy atom. The van der Waals surface area contributed by atoms with E-state index < -0.39 is 16.0 Å². The van der Waals surface area contributed by atoms with E-state index in [0.717, 1.165) is 12.0 Å². The molecule has 0 aliphatic carbocycles. The second kappa shape index (κ2) is 9.95. The van der Waals surface area contributed by atoms with Gasteiger partial charge in [0.05, 0.1) is 13.4 Å². The number of carbonyl (C=O) groups excluding carboxylic acids is 2. The lowest BCUT2D eigenvalue weighted by Crippen LogP contribution is -2.30. The molecule has 0 aliphatic heterocycles. The number of rotatable bonds is 9. The van der Waals surface area contributed by atoms with Crippen LogP contribution in [0.2, 0.25) is 0 Å². The third-order valence-corrected chi connectivity index (χ3v) is 4.80. The van der Waals surface area contributed by atoms with Gasteiger partial charge in [-0.3, -0.25) is 9.59 Å². The maximum absolute atomic E-state index is 12.0. The third-order valence-electron chi connectivity index (χ3n) is 3.49. The van der Waals surface area contributed by atoms with Gasteiger partial charge < -0.3 is 10.1 Å². The molecule has 1 aromatic carbocycles. The molecule has 0 aromatic heterocycles. The number of carbonyl (C=O) groups is 2. The molecule has 0 atom stereocenters. The number of unbranched alkanes of at least 4 members (excludes halogenated alkanes) is 1. The van der Waals surface area contributed by atoms with E-state index in [9.17, 15) is 18.0 Å². The number of sulfonamides is 1. The number of hydrogen-bond acceptors (Lipinski definition) is 5. The van der Waals surface area contributed by atoms with Crippen molar-refractivity contribution in [3.05, 3.63) is 41.5 Å². The number of nitrogens with one attached hydrogen (secondary N) is 1. The molecule has 0 aliphatic rings. The first kappa shape index (κ1) is 20.9. The molecule has 1 aromatic rings. The molecular formula is C17H24N2O5S. The molecular weight excluding hydrogens is 344 g/mol. The van der Waals surface area contributed by atoms with Gasteiger partial charge in [-0.15, -0.1) is 0 Å². The summed E-state index contributed by atoms with van der Waals surface area (Å²) in [5.41, 5.74) is 1.30. The Kier molecular flexibility index (Phi) is 8.30. The van der Waals surface area contributed by atoms with Crippen LogP contribution in [0.4, 0.5) is 0 Å². The van der Waals surface area contributed by atoms with Crippen LogP contribution in [-0.4, -0.2) is 58.1 Å². The van der Waals surface area contributed by atoms with Gasteiger partial charge in [0.25, 0.3) is 5.91 Å². The van der Waals surface area contributed by atoms with Crippen LogP contribution in [0.3, 0.4) is 0 Å². The summed E-state index contributed by atoms with van der Waals surface area (Å²) in [5, 5.41) is 2.48. The summed E-state index contributed by atoms with van der Waals surface area (Å²) in [7, 11) is -0.330. The van der Waals surface area contributed by atoms with E-state index in [1.807, 2.05) is 18.2 Å². The minimum Gasteiger partial charge on any atom is -0.468 e. The lowest BCUT2D eigenvalue weighted by molar-refractivity contribution is -0.139. The summed E-state index contributed by atoms with van der Waals surface area (Å²) in [5.74, 6) is -0.862. The molecule has 1 N–H and O–H groups in total. The highest BCUT2D eigenvalue weighted by molar-refractivity contribution is 7.88. The third kappa shape index (κ3) is 7.95. The van der Waals surface area contributed by atoms with Gasteiger partial charge in [0, 0.05) is 19.2 Å². The van der Waals surface area contributed by atoms with Crippen LogP contribution in [0.15, 0.2) is 30.3 Å². The minimum absolute atomic E-state index is 0.177. The van der Waals surface area contributed by atoms with E-state index >= 15 is 0 Å². The fraction of sp³-hybridized carbons (Fsp3) is 0.412. The van der Waals surface area contributed by atoms with Gasteiger partial charge in [0.2, 0.25) is 10.0 Å². The second-order valence-corrected chi connectivity index (χ2v) is 7.60. The smallest absolute Gasteiger partial charge is 0.325 e. The van der Waals surface area contributed by atoms with Gasteiger partial charge in [0.15, 0.2) is 0 Å². The maximum Gasteiger partial charge on any atom is 0.325 e. The van der Waals surface area contributed by atoms with Gasteiger partial charge in [-0.05, 0) is 30.5 Å². The van der Waals surface area contributed by atoms with Crippen LogP contribution in [-0.2, 0) is 19.6 Å². The number of hydrogen-bond donors (Lipinski definition) is 1. The molecule has 1 amide bonds. The van der Waals surface area contributed by atoms with Crippen molar-refractivity contribution in [3.8, 4) is 0 Å². The summed E-state index contributed by atoms with van der Waals surface area (Å²) >= 11 is 0. The quantitative estimate of drug-likeness (QED) is 0.523. The zero-order valence-electron chi connectivity index (χ0n) is 14.7. The first-order chi connectivity index (χ1) is 11.7. The van der Waals surface area contributed by atoms with Crippen molar-refractivity contribution in [2.24, 2.45) is 0 Å². The Labute approximate surface area is 148 Å². The Morgan fingerprint density at radius 3 is 2.68 bits per heavy atom. The van der Waals surface area contributed by atoms with Crippen molar-refractivity contribution >= 4 is 28.0 Å². The van der Waals surface area contributed by atoms with Crippen molar-refractivity contribution in [2.75, 3.05) is 33.5 Å². The van der Waals surface area contributed by atoms with Crippen molar-refractivity contribution in [2.45, 2.75) is 12.8 Å². The molecule has 0 radical (unpaired) electrons. The lowest BCUT2D eigenvalue weighted by atomic mass is 10.1. The monoisotopic (exact) mass is 368 g/mol. The Bertz CT molecular complexity index is 728. The number of allylic oxidation sites excluding steroid dienone is 1. The first-order valence-corrected chi connectivity index (χ1v) is 9.62. The highest BCUT2D eigenvalue weighted by atomic mass is 32.2. The van der Waals surface area contributed by atoms with E-state index in [2.05, 4.69) is 10.1 Å². The summed E-state index contributed by atoms with van der Waals surface area (Å²) in [6, 6.07) is 6.98. The SMILES string of the molecule is COC(=O)CNC(=O)c1cccc(/C=C\CCCN(C)S(C)(=O)=O)c1. The van der Waals surface area contributed by atoms with E-state index in [0.29, 0.717) is 18.5 Å². The molecule has 0 fully saturated rings. The first-order valence-electron chi connectivity index (χ1n) is 7.77. The normalized spacial score (nSPS) is 11.7. The van der Waals surface area contributed by atoms with Crippen LogP contribution in [0, 0.1) is 0 Å². The maximum atomic E-state index is 12.0. The average Bonchev–Trinajstić information content (AvgIpc) is 2.58. The number of amides is 1. The summed E-state index contributed by atoms with van der Waals surface area (Å²) < 4.78 is 28.3. The van der Waals surface area contributed by atoms with Gasteiger partial charge >= 0.3 is 5.97 Å². The largest absolute Gasteiger partial charge is 0.468 e. The number of benzene rings is 1. The van der Waals surface area contributed by atoms with Gasteiger partial charge in [-0.25, -0.2) is 12.7 Å². The highest BCUT2D eigenvalue weighted by Gasteiger charge is 2.09. The standard InChI is InChI=1S/C17H24N2O5S/c1-19(25(3,22)23)11-6-4-5-8-14-9-7-10-15(12-14)17(21)18-13-16(20)24-2/h5,7-10,12H,4,6,11,13H2,1-3H3,(H,18,21)/b8-5-. The van der Waals surface area contributed by atoms with E-state index in [-0.39, 0.29) is 12.5 Å². The van der Waals surface area contributed by atoms with Gasteiger partial charge in [0.1, 0.15) is 6.54 Å². The van der Waals surface area contributed by atoms with Crippen LogP contribution < -0.4 is 5.32 Å². The number of esters is 1. The van der Waals surface area contributed by atoms with Crippen molar-refractivity contribution < 1.29 is 22.7 Å². The molecule has 0 bridgehead atoms. The van der Waals surface area contributed by atoms with E-state index in [4.69, 9.17) is 0 Å². The Hall–Kier alpha value is -2.19. The fourth-order valence-electron chi connectivity index (χ4n) is 1.93. The number of methoxy groups -OCH3 is 1. The van der Waals surface area contributed by atoms with Crippen molar-refractivity contribution in [1.82, 2.24) is 9.62 Å². The van der Waals surface area contributed by atoms with Gasteiger partial charge in [-0.2, -0.15) is 0 Å². The molecule has 138 valence electrons. The average molecular weight is 368 g/mol. The van der Waals surface area contributed by atoms with Crippen LogP contribution in [0.5, 0.6) is 0 Å². The van der Waals surface area contributed by atoms with Crippen LogP contribution in [0.25, 0.3) is 6.08 Å². The summed E-state index contributed by atoms with van der Waals surface area (Å²) in [6.07, 6.45) is 6.41.